The quantitative estimate of drug-likeness (QED) is 0.710. The van der Waals surface area contributed by atoms with Crippen molar-refractivity contribution < 1.29 is 0 Å². The van der Waals surface area contributed by atoms with Crippen LogP contribution in [0.3, 0.4) is 0 Å². The van der Waals surface area contributed by atoms with Gasteiger partial charge in [-0.2, -0.15) is 0 Å². The number of unbranched alkanes of at least 4 members (excludes halogenated alkanes) is 2. The summed E-state index contributed by atoms with van der Waals surface area (Å²) in [5, 5.41) is 3.52. The molecule has 16 heavy (non-hydrogen) atoms. The molecule has 0 aliphatic carbocycles. The molecule has 0 aromatic carbocycles. The predicted octanol–water partition coefficient (Wildman–Crippen LogP) is 3.62. The lowest BCUT2D eigenvalue weighted by Crippen LogP contribution is -2.21. The normalized spacial score (nSPS) is 12.7. The average Bonchev–Trinajstić information content (AvgIpc) is 2.28. The third kappa shape index (κ3) is 4.31. The summed E-state index contributed by atoms with van der Waals surface area (Å²) in [6, 6.07) is 4.68. The summed E-state index contributed by atoms with van der Waals surface area (Å²) in [6.45, 7) is 7.53. The lowest BCUT2D eigenvalue weighted by Gasteiger charge is -2.17. The first-order valence-corrected chi connectivity index (χ1v) is 6.43. The lowest BCUT2D eigenvalue weighted by atomic mass is 10.0. The Morgan fingerprint density at radius 3 is 2.75 bits per heavy atom. The maximum atomic E-state index is 4.47. The molecular weight excluding hydrogens is 196 g/mol. The molecule has 2 nitrogen and oxygen atoms in total. The van der Waals surface area contributed by atoms with E-state index < -0.39 is 0 Å². The van der Waals surface area contributed by atoms with Gasteiger partial charge in [0.1, 0.15) is 0 Å². The minimum atomic E-state index is 0.427. The van der Waals surface area contributed by atoms with Crippen molar-refractivity contribution >= 4 is 0 Å². The molecule has 1 N–H and O–H groups in total. The van der Waals surface area contributed by atoms with Crippen LogP contribution in [-0.4, -0.2) is 11.5 Å². The highest BCUT2D eigenvalue weighted by atomic mass is 14.9. The van der Waals surface area contributed by atoms with Gasteiger partial charge in [0.2, 0.25) is 0 Å². The number of nitrogens with zero attached hydrogens (tertiary/aromatic N) is 1. The highest BCUT2D eigenvalue weighted by Crippen LogP contribution is 2.18. The molecule has 0 fully saturated rings. The van der Waals surface area contributed by atoms with Crippen molar-refractivity contribution in [1.29, 1.82) is 0 Å². The summed E-state index contributed by atoms with van der Waals surface area (Å²) in [5.41, 5.74) is 2.49. The molecule has 0 amide bonds. The molecule has 2 heteroatoms. The number of hydrogen-bond donors (Lipinski definition) is 1. The van der Waals surface area contributed by atoms with Crippen LogP contribution >= 0.6 is 0 Å². The second-order valence-corrected chi connectivity index (χ2v) is 4.36. The zero-order chi connectivity index (χ0) is 11.8. The first-order chi connectivity index (χ1) is 7.77. The zero-order valence-corrected chi connectivity index (χ0v) is 10.8. The molecule has 0 aliphatic heterocycles. The summed E-state index contributed by atoms with van der Waals surface area (Å²) in [7, 11) is 0. The minimum Gasteiger partial charge on any atom is -0.309 e. The monoisotopic (exact) mass is 220 g/mol. The molecule has 0 aliphatic rings. The van der Waals surface area contributed by atoms with E-state index in [1.54, 1.807) is 0 Å². The molecule has 0 spiro atoms. The van der Waals surface area contributed by atoms with Crippen LogP contribution < -0.4 is 5.32 Å². The van der Waals surface area contributed by atoms with E-state index in [0.29, 0.717) is 6.04 Å². The van der Waals surface area contributed by atoms with Crippen LogP contribution in [-0.2, 0) is 0 Å². The van der Waals surface area contributed by atoms with Crippen LogP contribution in [0.4, 0.5) is 0 Å². The SMILES string of the molecule is CCCCCC(NCC)c1cc(C)ccn1. The Bertz CT molecular complexity index is 297. The van der Waals surface area contributed by atoms with E-state index in [0.717, 1.165) is 6.54 Å². The first kappa shape index (κ1) is 13.2. The number of rotatable bonds is 7. The van der Waals surface area contributed by atoms with Crippen molar-refractivity contribution in [2.24, 2.45) is 0 Å². The highest BCUT2D eigenvalue weighted by Gasteiger charge is 2.10. The summed E-state index contributed by atoms with van der Waals surface area (Å²) in [4.78, 5) is 4.47. The van der Waals surface area contributed by atoms with Crippen LogP contribution in [0.5, 0.6) is 0 Å². The Balaban J connectivity index is 2.61. The van der Waals surface area contributed by atoms with E-state index in [1.165, 1.54) is 36.9 Å². The highest BCUT2D eigenvalue weighted by molar-refractivity contribution is 5.17. The lowest BCUT2D eigenvalue weighted by molar-refractivity contribution is 0.477. The molecule has 1 atom stereocenters. The number of hydrogen-bond acceptors (Lipinski definition) is 2. The largest absolute Gasteiger partial charge is 0.309 e. The van der Waals surface area contributed by atoms with E-state index in [4.69, 9.17) is 0 Å². The Morgan fingerprint density at radius 2 is 2.12 bits per heavy atom. The van der Waals surface area contributed by atoms with Gasteiger partial charge in [0.25, 0.3) is 0 Å². The van der Waals surface area contributed by atoms with Gasteiger partial charge >= 0.3 is 0 Å². The van der Waals surface area contributed by atoms with Crippen molar-refractivity contribution in [2.75, 3.05) is 6.54 Å². The molecule has 0 radical (unpaired) electrons. The molecule has 1 heterocycles. The molecule has 1 rings (SSSR count). The van der Waals surface area contributed by atoms with Crippen molar-refractivity contribution in [3.05, 3.63) is 29.6 Å². The second kappa shape index (κ2) is 7.39. The maximum absolute atomic E-state index is 4.47. The minimum absolute atomic E-state index is 0.427. The van der Waals surface area contributed by atoms with Crippen LogP contribution in [0.15, 0.2) is 18.3 Å². The van der Waals surface area contributed by atoms with Crippen molar-refractivity contribution in [1.82, 2.24) is 10.3 Å². The van der Waals surface area contributed by atoms with Gasteiger partial charge < -0.3 is 5.32 Å². The van der Waals surface area contributed by atoms with Crippen LogP contribution in [0.1, 0.15) is 56.8 Å². The van der Waals surface area contributed by atoms with Gasteiger partial charge in [-0.3, -0.25) is 4.98 Å². The van der Waals surface area contributed by atoms with Crippen LogP contribution in [0.2, 0.25) is 0 Å². The summed E-state index contributed by atoms with van der Waals surface area (Å²) in [6.07, 6.45) is 6.98. The van der Waals surface area contributed by atoms with E-state index in [1.807, 2.05) is 6.20 Å². The molecule has 1 aromatic heterocycles. The fraction of sp³-hybridized carbons (Fsp3) is 0.643. The van der Waals surface area contributed by atoms with Crippen LogP contribution in [0, 0.1) is 6.92 Å². The Labute approximate surface area is 99.5 Å². The van der Waals surface area contributed by atoms with E-state index in [9.17, 15) is 0 Å². The third-order valence-electron chi connectivity index (χ3n) is 2.84. The van der Waals surface area contributed by atoms with Gasteiger partial charge in [-0.25, -0.2) is 0 Å². The molecular formula is C14H24N2. The Hall–Kier alpha value is -0.890. The zero-order valence-electron chi connectivity index (χ0n) is 10.8. The van der Waals surface area contributed by atoms with Gasteiger partial charge in [-0.05, 0) is 37.6 Å². The van der Waals surface area contributed by atoms with E-state index in [2.05, 4.69) is 43.2 Å². The van der Waals surface area contributed by atoms with Crippen LogP contribution in [0.25, 0.3) is 0 Å². The number of nitrogens with one attached hydrogen (secondary N) is 1. The summed E-state index contributed by atoms with van der Waals surface area (Å²) < 4.78 is 0. The smallest absolute Gasteiger partial charge is 0.0575 e. The second-order valence-electron chi connectivity index (χ2n) is 4.36. The Kier molecular flexibility index (Phi) is 6.09. The van der Waals surface area contributed by atoms with Crippen molar-refractivity contribution in [3.8, 4) is 0 Å². The summed E-state index contributed by atoms with van der Waals surface area (Å²) in [5.74, 6) is 0. The standard InChI is InChI=1S/C14H24N2/c1-4-6-7-8-13(15-5-2)14-11-12(3)9-10-16-14/h9-11,13,15H,4-8H2,1-3H3. The van der Waals surface area contributed by atoms with Crippen molar-refractivity contribution in [2.45, 2.75) is 52.5 Å². The number of pyridine rings is 1. The number of aryl methyl sites for hydroxylation is 1. The fourth-order valence-electron chi connectivity index (χ4n) is 1.95. The topological polar surface area (TPSA) is 24.9 Å². The van der Waals surface area contributed by atoms with Gasteiger partial charge in [-0.15, -0.1) is 0 Å². The molecule has 1 aromatic rings. The van der Waals surface area contributed by atoms with Gasteiger partial charge in [0.05, 0.1) is 5.69 Å². The van der Waals surface area contributed by atoms with Gasteiger partial charge in [0, 0.05) is 12.2 Å². The molecule has 90 valence electrons. The van der Waals surface area contributed by atoms with Gasteiger partial charge in [-0.1, -0.05) is 33.1 Å². The predicted molar refractivity (Wildman–Crippen MR) is 69.5 cm³/mol. The van der Waals surface area contributed by atoms with E-state index in [-0.39, 0.29) is 0 Å². The molecule has 0 bridgehead atoms. The Morgan fingerprint density at radius 1 is 1.31 bits per heavy atom. The first-order valence-electron chi connectivity index (χ1n) is 6.43. The van der Waals surface area contributed by atoms with E-state index >= 15 is 0 Å². The molecule has 1 unspecified atom stereocenters. The van der Waals surface area contributed by atoms with Crippen molar-refractivity contribution in [3.63, 3.8) is 0 Å². The average molecular weight is 220 g/mol. The number of aromatic nitrogens is 1. The molecule has 0 saturated carbocycles. The third-order valence-corrected chi connectivity index (χ3v) is 2.84. The maximum Gasteiger partial charge on any atom is 0.0575 e. The fourth-order valence-corrected chi connectivity index (χ4v) is 1.95. The molecule has 0 saturated heterocycles. The van der Waals surface area contributed by atoms with Gasteiger partial charge in [0.15, 0.2) is 0 Å². The summed E-state index contributed by atoms with van der Waals surface area (Å²) >= 11 is 0.